The third kappa shape index (κ3) is 2.96. The van der Waals surface area contributed by atoms with E-state index in [2.05, 4.69) is 66.7 Å². The smallest absolute Gasteiger partial charge is 0.225 e. The van der Waals surface area contributed by atoms with E-state index < -0.39 is 5.41 Å². The van der Waals surface area contributed by atoms with Crippen LogP contribution in [0.1, 0.15) is 33.4 Å². The van der Waals surface area contributed by atoms with Crippen molar-refractivity contribution in [2.75, 3.05) is 0 Å². The van der Waals surface area contributed by atoms with Crippen LogP contribution in [0.15, 0.2) is 121 Å². The fourth-order valence-electron chi connectivity index (χ4n) is 5.86. The molecule has 176 valence electrons. The molecule has 0 radical (unpaired) electrons. The SMILES string of the molecule is N=C(OC(=N)c1cccc2c1Oc1ccccc1C21c2ccccc2-c2ccccc21)c1ccccc1. The first-order valence-corrected chi connectivity index (χ1v) is 12.2. The van der Waals surface area contributed by atoms with E-state index in [0.717, 1.165) is 16.9 Å². The Labute approximate surface area is 214 Å². The summed E-state index contributed by atoms with van der Waals surface area (Å²) in [6.07, 6.45) is 0. The van der Waals surface area contributed by atoms with Gasteiger partial charge in [0.2, 0.25) is 11.8 Å². The molecule has 0 unspecified atom stereocenters. The van der Waals surface area contributed by atoms with E-state index in [9.17, 15) is 0 Å². The second-order valence-corrected chi connectivity index (χ2v) is 9.25. The Balaban J connectivity index is 1.46. The van der Waals surface area contributed by atoms with E-state index >= 15 is 0 Å². The van der Waals surface area contributed by atoms with Crippen molar-refractivity contribution in [3.05, 3.63) is 155 Å². The Bertz CT molecular complexity index is 1680. The molecule has 2 N–H and O–H groups in total. The highest BCUT2D eigenvalue weighted by molar-refractivity contribution is 6.06. The Morgan fingerprint density at radius 3 is 1.81 bits per heavy atom. The fourth-order valence-corrected chi connectivity index (χ4v) is 5.86. The van der Waals surface area contributed by atoms with Gasteiger partial charge in [-0.1, -0.05) is 97.1 Å². The summed E-state index contributed by atoms with van der Waals surface area (Å²) < 4.78 is 12.3. The molecule has 0 fully saturated rings. The van der Waals surface area contributed by atoms with Crippen molar-refractivity contribution in [2.24, 2.45) is 0 Å². The summed E-state index contributed by atoms with van der Waals surface area (Å²) in [5, 5.41) is 17.3. The number of para-hydroxylation sites is 2. The van der Waals surface area contributed by atoms with E-state index in [-0.39, 0.29) is 11.8 Å². The normalized spacial score (nSPS) is 13.5. The van der Waals surface area contributed by atoms with Crippen molar-refractivity contribution < 1.29 is 9.47 Å². The molecule has 0 saturated carbocycles. The Kier molecular flexibility index (Phi) is 4.63. The highest BCUT2D eigenvalue weighted by atomic mass is 16.5. The van der Waals surface area contributed by atoms with Crippen LogP contribution in [0.3, 0.4) is 0 Å². The van der Waals surface area contributed by atoms with Crippen LogP contribution in [0, 0.1) is 10.8 Å². The molecule has 1 spiro atoms. The number of ether oxygens (including phenoxy) is 2. The first-order chi connectivity index (χ1) is 18.2. The number of benzene rings is 5. The predicted octanol–water partition coefficient (Wildman–Crippen LogP) is 7.52. The van der Waals surface area contributed by atoms with E-state index in [4.69, 9.17) is 20.3 Å². The molecular formula is C33H22N2O2. The van der Waals surface area contributed by atoms with Crippen LogP contribution in [-0.2, 0) is 10.2 Å². The van der Waals surface area contributed by atoms with Gasteiger partial charge in [-0.3, -0.25) is 10.8 Å². The maximum Gasteiger partial charge on any atom is 0.225 e. The van der Waals surface area contributed by atoms with Crippen molar-refractivity contribution in [1.82, 2.24) is 0 Å². The lowest BCUT2D eigenvalue weighted by Gasteiger charge is -2.39. The summed E-state index contributed by atoms with van der Waals surface area (Å²) in [5.41, 5.74) is 7.33. The Hall–Kier alpha value is -4.96. The van der Waals surface area contributed by atoms with Gasteiger partial charge in [0.15, 0.2) is 0 Å². The molecule has 7 rings (SSSR count). The summed E-state index contributed by atoms with van der Waals surface area (Å²) in [7, 11) is 0. The van der Waals surface area contributed by atoms with E-state index in [1.54, 1.807) is 12.1 Å². The second kappa shape index (κ2) is 8.04. The summed E-state index contributed by atoms with van der Waals surface area (Å²) in [6, 6.07) is 40.2. The minimum atomic E-state index is -0.597. The molecule has 4 heteroatoms. The third-order valence-electron chi connectivity index (χ3n) is 7.36. The molecule has 0 amide bonds. The molecule has 4 nitrogen and oxygen atoms in total. The van der Waals surface area contributed by atoms with Crippen molar-refractivity contribution in [2.45, 2.75) is 5.41 Å². The maximum atomic E-state index is 8.84. The van der Waals surface area contributed by atoms with Gasteiger partial charge in [0.1, 0.15) is 11.5 Å². The molecule has 1 heterocycles. The van der Waals surface area contributed by atoms with Gasteiger partial charge in [0.05, 0.1) is 11.0 Å². The molecule has 0 aromatic heterocycles. The van der Waals surface area contributed by atoms with E-state index in [0.29, 0.717) is 16.9 Å². The standard InChI is InChI=1S/C33H22N2O2/c34-31(21-11-2-1-3-12-21)37-32(35)24-15-10-19-28-30(24)36-29-20-9-8-18-27(29)33(28)25-16-6-4-13-22(25)23-14-5-7-17-26(23)33/h1-20,34-35H. The first-order valence-electron chi connectivity index (χ1n) is 12.2. The van der Waals surface area contributed by atoms with Crippen LogP contribution in [0.5, 0.6) is 11.5 Å². The summed E-state index contributed by atoms with van der Waals surface area (Å²) in [6.45, 7) is 0. The van der Waals surface area contributed by atoms with E-state index in [1.807, 2.05) is 42.5 Å². The molecule has 0 bridgehead atoms. The summed E-state index contributed by atoms with van der Waals surface area (Å²) >= 11 is 0. The summed E-state index contributed by atoms with van der Waals surface area (Å²) in [5.74, 6) is 1.13. The van der Waals surface area contributed by atoms with Crippen molar-refractivity contribution in [3.8, 4) is 22.6 Å². The predicted molar refractivity (Wildman–Crippen MR) is 145 cm³/mol. The van der Waals surface area contributed by atoms with Crippen molar-refractivity contribution in [3.63, 3.8) is 0 Å². The van der Waals surface area contributed by atoms with Gasteiger partial charge in [-0.05, 0) is 46.5 Å². The Morgan fingerprint density at radius 2 is 1.11 bits per heavy atom. The van der Waals surface area contributed by atoms with Gasteiger partial charge in [-0.2, -0.15) is 0 Å². The molecule has 5 aromatic rings. The zero-order chi connectivity index (χ0) is 25.0. The second-order valence-electron chi connectivity index (χ2n) is 9.25. The molecule has 5 aromatic carbocycles. The quantitative estimate of drug-likeness (QED) is 0.199. The van der Waals surface area contributed by atoms with Crippen LogP contribution in [0.25, 0.3) is 11.1 Å². The first kappa shape index (κ1) is 21.3. The molecule has 0 saturated heterocycles. The lowest BCUT2D eigenvalue weighted by Crippen LogP contribution is -2.33. The van der Waals surface area contributed by atoms with Crippen LogP contribution in [-0.4, -0.2) is 11.8 Å². The van der Waals surface area contributed by atoms with Crippen molar-refractivity contribution >= 4 is 11.8 Å². The van der Waals surface area contributed by atoms with Crippen LogP contribution in [0.4, 0.5) is 0 Å². The van der Waals surface area contributed by atoms with Crippen LogP contribution >= 0.6 is 0 Å². The highest BCUT2D eigenvalue weighted by Crippen LogP contribution is 2.62. The van der Waals surface area contributed by atoms with E-state index in [1.165, 1.54) is 22.3 Å². The van der Waals surface area contributed by atoms with Crippen LogP contribution in [0.2, 0.25) is 0 Å². The zero-order valence-corrected chi connectivity index (χ0v) is 19.9. The lowest BCUT2D eigenvalue weighted by molar-refractivity contribution is 0.432. The van der Waals surface area contributed by atoms with Gasteiger partial charge in [0.25, 0.3) is 0 Å². The van der Waals surface area contributed by atoms with Crippen molar-refractivity contribution in [1.29, 1.82) is 10.8 Å². The van der Waals surface area contributed by atoms with Gasteiger partial charge in [0, 0.05) is 16.7 Å². The highest BCUT2D eigenvalue weighted by Gasteiger charge is 2.51. The average Bonchev–Trinajstić information content (AvgIpc) is 3.24. The zero-order valence-electron chi connectivity index (χ0n) is 19.9. The molecule has 0 atom stereocenters. The van der Waals surface area contributed by atoms with Gasteiger partial charge in [-0.15, -0.1) is 0 Å². The van der Waals surface area contributed by atoms with Gasteiger partial charge in [-0.25, -0.2) is 0 Å². The van der Waals surface area contributed by atoms with Gasteiger partial charge >= 0.3 is 0 Å². The topological polar surface area (TPSA) is 66.2 Å². The molecule has 37 heavy (non-hydrogen) atoms. The molecular weight excluding hydrogens is 456 g/mol. The average molecular weight is 479 g/mol. The summed E-state index contributed by atoms with van der Waals surface area (Å²) in [4.78, 5) is 0. The largest absolute Gasteiger partial charge is 0.456 e. The number of nitrogens with one attached hydrogen (secondary N) is 2. The minimum absolute atomic E-state index is 0.0781. The monoisotopic (exact) mass is 478 g/mol. The fraction of sp³-hybridized carbons (Fsp3) is 0.0303. The molecule has 2 aliphatic rings. The van der Waals surface area contributed by atoms with Crippen LogP contribution < -0.4 is 4.74 Å². The Morgan fingerprint density at radius 1 is 0.541 bits per heavy atom. The lowest BCUT2D eigenvalue weighted by atomic mass is 9.66. The maximum absolute atomic E-state index is 8.84. The minimum Gasteiger partial charge on any atom is -0.456 e. The molecule has 1 aliphatic heterocycles. The molecule has 1 aliphatic carbocycles. The van der Waals surface area contributed by atoms with Gasteiger partial charge < -0.3 is 9.47 Å². The number of rotatable bonds is 2. The number of hydrogen-bond acceptors (Lipinski definition) is 4. The number of hydrogen-bond donors (Lipinski definition) is 2. The third-order valence-corrected chi connectivity index (χ3v) is 7.36. The number of fused-ring (bicyclic) bond motifs is 9.